The summed E-state index contributed by atoms with van der Waals surface area (Å²) >= 11 is 1.08. The van der Waals surface area contributed by atoms with E-state index in [-0.39, 0.29) is 5.12 Å². The van der Waals surface area contributed by atoms with Gasteiger partial charge in [0.05, 0.1) is 0 Å². The van der Waals surface area contributed by atoms with E-state index >= 15 is 0 Å². The molecule has 8 heavy (non-hydrogen) atoms. The lowest BCUT2D eigenvalue weighted by atomic mass is 10.6. The fourth-order valence-corrected chi connectivity index (χ4v) is 0.681. The molecular weight excluding hydrogens is 122 g/mol. The Hall–Kier alpha value is -0.490. The van der Waals surface area contributed by atoms with Gasteiger partial charge in [-0.05, 0) is 6.42 Å². The number of nitriles is 1. The van der Waals surface area contributed by atoms with Gasteiger partial charge in [-0.25, -0.2) is 0 Å². The van der Waals surface area contributed by atoms with Crippen molar-refractivity contribution in [3.8, 4) is 6.07 Å². The molecule has 0 atom stereocenters. The Bertz CT molecular complexity index is 116. The molecule has 2 nitrogen and oxygen atoms in total. The molecular formula is C5H7NOS. The van der Waals surface area contributed by atoms with Gasteiger partial charge in [0, 0.05) is 5.75 Å². The minimum atomic E-state index is -0.383. The van der Waals surface area contributed by atoms with Crippen LogP contribution in [0.15, 0.2) is 0 Å². The maximum absolute atomic E-state index is 10.2. The zero-order valence-electron chi connectivity index (χ0n) is 4.68. The Morgan fingerprint density at radius 1 is 1.88 bits per heavy atom. The number of hydrogen-bond acceptors (Lipinski definition) is 3. The molecule has 0 amide bonds. The van der Waals surface area contributed by atoms with Crippen LogP contribution in [0.2, 0.25) is 0 Å². The van der Waals surface area contributed by atoms with Crippen LogP contribution in [0.5, 0.6) is 0 Å². The van der Waals surface area contributed by atoms with Crippen molar-refractivity contribution in [3.63, 3.8) is 0 Å². The van der Waals surface area contributed by atoms with Crippen LogP contribution in [0.25, 0.3) is 0 Å². The van der Waals surface area contributed by atoms with Crippen molar-refractivity contribution in [2.24, 2.45) is 0 Å². The van der Waals surface area contributed by atoms with Crippen LogP contribution < -0.4 is 0 Å². The molecule has 0 fully saturated rings. The maximum atomic E-state index is 10.2. The van der Waals surface area contributed by atoms with Crippen LogP contribution in [0, 0.1) is 11.3 Å². The van der Waals surface area contributed by atoms with Crippen molar-refractivity contribution in [2.45, 2.75) is 13.3 Å². The van der Waals surface area contributed by atoms with E-state index in [1.807, 2.05) is 6.92 Å². The highest BCUT2D eigenvalue weighted by Gasteiger charge is 1.95. The summed E-state index contributed by atoms with van der Waals surface area (Å²) in [6.45, 7) is 1.97. The summed E-state index contributed by atoms with van der Waals surface area (Å²) in [6, 6.07) is 1.52. The topological polar surface area (TPSA) is 40.9 Å². The Balaban J connectivity index is 3.16. The third-order valence-corrected chi connectivity index (χ3v) is 1.49. The van der Waals surface area contributed by atoms with Crippen molar-refractivity contribution in [1.82, 2.24) is 0 Å². The van der Waals surface area contributed by atoms with Gasteiger partial charge in [0.15, 0.2) is 6.07 Å². The van der Waals surface area contributed by atoms with Crippen LogP contribution in [-0.4, -0.2) is 10.9 Å². The first-order valence-corrected chi connectivity index (χ1v) is 3.36. The highest BCUT2D eigenvalue weighted by Crippen LogP contribution is 2.01. The predicted molar refractivity (Wildman–Crippen MR) is 33.4 cm³/mol. The summed E-state index contributed by atoms with van der Waals surface area (Å²) in [6.07, 6.45) is 0.943. The molecule has 0 aromatic rings. The molecule has 0 aliphatic heterocycles. The molecule has 0 saturated heterocycles. The summed E-state index contributed by atoms with van der Waals surface area (Å²) in [7, 11) is 0. The number of carbonyl (C=O) groups excluding carboxylic acids is 1. The largest absolute Gasteiger partial charge is 0.288 e. The lowest BCUT2D eigenvalue weighted by Crippen LogP contribution is -1.85. The summed E-state index contributed by atoms with van der Waals surface area (Å²) in [5.74, 6) is 0.756. The van der Waals surface area contributed by atoms with Gasteiger partial charge >= 0.3 is 0 Å². The highest BCUT2D eigenvalue weighted by atomic mass is 32.2. The maximum Gasteiger partial charge on any atom is 0.288 e. The van der Waals surface area contributed by atoms with E-state index in [1.54, 1.807) is 0 Å². The van der Waals surface area contributed by atoms with Gasteiger partial charge in [-0.2, -0.15) is 5.26 Å². The molecule has 0 aromatic carbocycles. The summed E-state index contributed by atoms with van der Waals surface area (Å²) in [5.41, 5.74) is 0. The molecule has 0 aromatic heterocycles. The smallest absolute Gasteiger partial charge is 0.270 e. The molecule has 0 N–H and O–H groups in total. The van der Waals surface area contributed by atoms with Gasteiger partial charge in [0.2, 0.25) is 0 Å². The molecule has 0 unspecified atom stereocenters. The SMILES string of the molecule is CCCSC(=O)C#N. The second-order valence-corrected chi connectivity index (χ2v) is 2.32. The average molecular weight is 129 g/mol. The Labute approximate surface area is 52.9 Å². The first kappa shape index (κ1) is 7.51. The first-order valence-electron chi connectivity index (χ1n) is 2.38. The third kappa shape index (κ3) is 3.69. The van der Waals surface area contributed by atoms with Crippen LogP contribution >= 0.6 is 11.8 Å². The fraction of sp³-hybridized carbons (Fsp3) is 0.600. The molecule has 0 spiro atoms. The molecule has 0 aliphatic carbocycles. The normalized spacial score (nSPS) is 8.00. The molecule has 0 rings (SSSR count). The first-order chi connectivity index (χ1) is 3.81. The van der Waals surface area contributed by atoms with Gasteiger partial charge in [0.1, 0.15) is 0 Å². The summed E-state index contributed by atoms with van der Waals surface area (Å²) in [5, 5.41) is 7.56. The second-order valence-electron chi connectivity index (χ2n) is 1.25. The monoisotopic (exact) mass is 129 g/mol. The molecule has 0 bridgehead atoms. The zero-order valence-corrected chi connectivity index (χ0v) is 5.49. The second kappa shape index (κ2) is 4.66. The number of thioether (sulfide) groups is 1. The average Bonchev–Trinajstić information content (AvgIpc) is 1.83. The number of carbonyl (C=O) groups is 1. The highest BCUT2D eigenvalue weighted by molar-refractivity contribution is 8.14. The van der Waals surface area contributed by atoms with Crippen molar-refractivity contribution >= 4 is 16.9 Å². The standard InChI is InChI=1S/C5H7NOS/c1-2-3-8-5(7)4-6/h2-3H2,1H3. The van der Waals surface area contributed by atoms with Crippen LogP contribution in [0.3, 0.4) is 0 Å². The minimum Gasteiger partial charge on any atom is -0.270 e. The quantitative estimate of drug-likeness (QED) is 0.526. The van der Waals surface area contributed by atoms with Crippen molar-refractivity contribution in [1.29, 1.82) is 5.26 Å². The lowest BCUT2D eigenvalue weighted by Gasteiger charge is -1.84. The van der Waals surface area contributed by atoms with Gasteiger partial charge in [-0.15, -0.1) is 0 Å². The van der Waals surface area contributed by atoms with Crippen LogP contribution in [0.4, 0.5) is 0 Å². The third-order valence-electron chi connectivity index (χ3n) is 0.529. The Morgan fingerprint density at radius 2 is 2.50 bits per heavy atom. The van der Waals surface area contributed by atoms with E-state index in [9.17, 15) is 4.79 Å². The van der Waals surface area contributed by atoms with E-state index in [0.717, 1.165) is 23.9 Å². The van der Waals surface area contributed by atoms with Crippen molar-refractivity contribution < 1.29 is 4.79 Å². The Morgan fingerprint density at radius 3 is 2.88 bits per heavy atom. The Kier molecular flexibility index (Phi) is 4.38. The molecule has 0 aliphatic rings. The van der Waals surface area contributed by atoms with Crippen molar-refractivity contribution in [3.05, 3.63) is 0 Å². The van der Waals surface area contributed by atoms with Gasteiger partial charge in [0.25, 0.3) is 5.12 Å². The fourth-order valence-electron chi connectivity index (χ4n) is 0.227. The molecule has 0 heterocycles. The molecule has 3 heteroatoms. The van der Waals surface area contributed by atoms with E-state index in [0.29, 0.717) is 0 Å². The van der Waals surface area contributed by atoms with Gasteiger partial charge < -0.3 is 0 Å². The molecule has 44 valence electrons. The van der Waals surface area contributed by atoms with Gasteiger partial charge in [-0.3, -0.25) is 4.79 Å². The molecule has 0 saturated carbocycles. The predicted octanol–water partition coefficient (Wildman–Crippen LogP) is 1.18. The van der Waals surface area contributed by atoms with E-state index in [1.165, 1.54) is 6.07 Å². The molecule has 0 radical (unpaired) electrons. The zero-order chi connectivity index (χ0) is 6.41. The van der Waals surface area contributed by atoms with Crippen LogP contribution in [-0.2, 0) is 4.79 Å². The lowest BCUT2D eigenvalue weighted by molar-refractivity contribution is -0.106. The van der Waals surface area contributed by atoms with E-state index in [2.05, 4.69) is 0 Å². The van der Waals surface area contributed by atoms with Crippen LogP contribution in [0.1, 0.15) is 13.3 Å². The number of nitrogens with zero attached hydrogens (tertiary/aromatic N) is 1. The summed E-state index contributed by atoms with van der Waals surface area (Å²) in [4.78, 5) is 10.2. The number of rotatable bonds is 2. The minimum absolute atomic E-state index is 0.383. The van der Waals surface area contributed by atoms with Crippen molar-refractivity contribution in [2.75, 3.05) is 5.75 Å². The summed E-state index contributed by atoms with van der Waals surface area (Å²) < 4.78 is 0. The van der Waals surface area contributed by atoms with Gasteiger partial charge in [-0.1, -0.05) is 18.7 Å². The van der Waals surface area contributed by atoms with E-state index in [4.69, 9.17) is 5.26 Å². The van der Waals surface area contributed by atoms with E-state index < -0.39 is 0 Å². The number of hydrogen-bond donors (Lipinski definition) is 0.